The van der Waals surface area contributed by atoms with Crippen molar-refractivity contribution in [3.05, 3.63) is 35.7 Å². The fraction of sp³-hybridized carbons (Fsp3) is 0.438. The van der Waals surface area contributed by atoms with E-state index >= 15 is 0 Å². The third-order valence-corrected chi connectivity index (χ3v) is 3.47. The van der Waals surface area contributed by atoms with Gasteiger partial charge in [-0.3, -0.25) is 0 Å². The van der Waals surface area contributed by atoms with Gasteiger partial charge in [-0.15, -0.1) is 0 Å². The third-order valence-electron chi connectivity index (χ3n) is 3.47. The van der Waals surface area contributed by atoms with Gasteiger partial charge in [0.1, 0.15) is 11.5 Å². The predicted molar refractivity (Wildman–Crippen MR) is 85.0 cm³/mol. The van der Waals surface area contributed by atoms with Crippen LogP contribution in [0.3, 0.4) is 0 Å². The van der Waals surface area contributed by atoms with Crippen molar-refractivity contribution in [2.75, 3.05) is 11.6 Å². The van der Waals surface area contributed by atoms with Crippen LogP contribution in [-0.4, -0.2) is 9.66 Å². The summed E-state index contributed by atoms with van der Waals surface area (Å²) in [6.07, 6.45) is 0. The Morgan fingerprint density at radius 1 is 1.10 bits per heavy atom. The number of hydrogen-bond donors (Lipinski definition) is 2. The fourth-order valence-corrected chi connectivity index (χ4v) is 2.21. The lowest BCUT2D eigenvalue weighted by molar-refractivity contribution is 0.532. The van der Waals surface area contributed by atoms with E-state index in [2.05, 4.69) is 63.9 Å². The van der Waals surface area contributed by atoms with Crippen LogP contribution in [0.25, 0.3) is 11.3 Å². The molecule has 0 saturated heterocycles. The molecule has 0 aliphatic carbocycles. The summed E-state index contributed by atoms with van der Waals surface area (Å²) in [5.41, 5.74) is 9.03. The van der Waals surface area contributed by atoms with Crippen LogP contribution in [0, 0.1) is 0 Å². The standard InChI is InChI=1S/C16H24N4/c1-10(2)11-6-8-12(9-7-11)13-14(17)20(18)15(19-13)16(3,4)5/h6-10H,17-18H2,1-5H3. The molecule has 2 rings (SSSR count). The van der Waals surface area contributed by atoms with Crippen molar-refractivity contribution >= 4 is 5.82 Å². The van der Waals surface area contributed by atoms with Crippen molar-refractivity contribution in [3.8, 4) is 11.3 Å². The molecule has 0 fully saturated rings. The zero-order valence-electron chi connectivity index (χ0n) is 12.9. The van der Waals surface area contributed by atoms with Crippen molar-refractivity contribution in [1.29, 1.82) is 0 Å². The van der Waals surface area contributed by atoms with Crippen molar-refractivity contribution in [2.45, 2.75) is 46.0 Å². The second kappa shape index (κ2) is 4.85. The molecule has 2 aromatic rings. The normalized spacial score (nSPS) is 12.1. The van der Waals surface area contributed by atoms with E-state index in [1.807, 2.05) is 0 Å². The Hall–Kier alpha value is -1.97. The van der Waals surface area contributed by atoms with Crippen molar-refractivity contribution < 1.29 is 0 Å². The SMILES string of the molecule is CC(C)c1ccc(-c2nc(C(C)(C)C)n(N)c2N)cc1. The maximum Gasteiger partial charge on any atom is 0.150 e. The van der Waals surface area contributed by atoms with Gasteiger partial charge in [0.15, 0.2) is 5.82 Å². The molecule has 0 aliphatic heterocycles. The summed E-state index contributed by atoms with van der Waals surface area (Å²) in [6.45, 7) is 10.6. The largest absolute Gasteiger partial charge is 0.382 e. The lowest BCUT2D eigenvalue weighted by Gasteiger charge is -2.17. The molecular formula is C16H24N4. The molecule has 0 spiro atoms. The van der Waals surface area contributed by atoms with Crippen LogP contribution in [0.2, 0.25) is 0 Å². The van der Waals surface area contributed by atoms with E-state index in [0.717, 1.165) is 17.1 Å². The van der Waals surface area contributed by atoms with Gasteiger partial charge in [-0.1, -0.05) is 58.9 Å². The van der Waals surface area contributed by atoms with Crippen molar-refractivity contribution in [3.63, 3.8) is 0 Å². The predicted octanol–water partition coefficient (Wildman–Crippen LogP) is 3.27. The molecule has 20 heavy (non-hydrogen) atoms. The van der Waals surface area contributed by atoms with E-state index in [-0.39, 0.29) is 5.41 Å². The minimum absolute atomic E-state index is 0.140. The molecule has 0 radical (unpaired) electrons. The number of hydrogen-bond acceptors (Lipinski definition) is 3. The van der Waals surface area contributed by atoms with Crippen LogP contribution in [0.5, 0.6) is 0 Å². The number of nitrogen functional groups attached to an aromatic ring is 2. The average Bonchev–Trinajstić information content (AvgIpc) is 2.66. The molecule has 4 N–H and O–H groups in total. The Bertz CT molecular complexity index is 601. The first-order valence-electron chi connectivity index (χ1n) is 6.96. The fourth-order valence-electron chi connectivity index (χ4n) is 2.21. The molecule has 0 unspecified atom stereocenters. The van der Waals surface area contributed by atoms with Gasteiger partial charge < -0.3 is 11.6 Å². The van der Waals surface area contributed by atoms with E-state index in [1.165, 1.54) is 10.2 Å². The van der Waals surface area contributed by atoms with Crippen LogP contribution >= 0.6 is 0 Å². The highest BCUT2D eigenvalue weighted by Gasteiger charge is 2.24. The summed E-state index contributed by atoms with van der Waals surface area (Å²) in [4.78, 5) is 4.64. The number of anilines is 1. The Balaban J connectivity index is 2.48. The zero-order chi connectivity index (χ0) is 15.1. The van der Waals surface area contributed by atoms with Crippen LogP contribution < -0.4 is 11.6 Å². The first-order valence-corrected chi connectivity index (χ1v) is 6.96. The maximum atomic E-state index is 6.11. The van der Waals surface area contributed by atoms with E-state index < -0.39 is 0 Å². The minimum Gasteiger partial charge on any atom is -0.382 e. The van der Waals surface area contributed by atoms with Crippen LogP contribution in [0.15, 0.2) is 24.3 Å². The summed E-state index contributed by atoms with van der Waals surface area (Å²) in [7, 11) is 0. The van der Waals surface area contributed by atoms with E-state index in [9.17, 15) is 0 Å². The van der Waals surface area contributed by atoms with Gasteiger partial charge in [0.25, 0.3) is 0 Å². The molecule has 4 heteroatoms. The highest BCUT2D eigenvalue weighted by atomic mass is 15.4. The Labute approximate surface area is 120 Å². The van der Waals surface area contributed by atoms with Crippen LogP contribution in [0.1, 0.15) is 51.9 Å². The molecule has 1 heterocycles. The van der Waals surface area contributed by atoms with E-state index in [1.54, 1.807) is 0 Å². The van der Waals surface area contributed by atoms with Gasteiger partial charge in [0.2, 0.25) is 0 Å². The summed E-state index contributed by atoms with van der Waals surface area (Å²) in [6, 6.07) is 8.35. The lowest BCUT2D eigenvalue weighted by Crippen LogP contribution is -2.24. The van der Waals surface area contributed by atoms with Gasteiger partial charge in [0.05, 0.1) is 0 Å². The number of aromatic nitrogens is 2. The topological polar surface area (TPSA) is 69.9 Å². The summed E-state index contributed by atoms with van der Waals surface area (Å²) < 4.78 is 1.49. The molecule has 0 atom stereocenters. The monoisotopic (exact) mass is 272 g/mol. The average molecular weight is 272 g/mol. The summed E-state index contributed by atoms with van der Waals surface area (Å²) in [5, 5.41) is 0. The minimum atomic E-state index is -0.140. The zero-order valence-corrected chi connectivity index (χ0v) is 12.9. The summed E-state index contributed by atoms with van der Waals surface area (Å²) >= 11 is 0. The second-order valence-electron chi connectivity index (χ2n) is 6.57. The highest BCUT2D eigenvalue weighted by Crippen LogP contribution is 2.30. The second-order valence-corrected chi connectivity index (χ2v) is 6.57. The van der Waals surface area contributed by atoms with Crippen LogP contribution in [0.4, 0.5) is 5.82 Å². The molecular weight excluding hydrogens is 248 g/mol. The molecule has 108 valence electrons. The molecule has 0 amide bonds. The molecule has 0 bridgehead atoms. The van der Waals surface area contributed by atoms with Gasteiger partial charge in [-0.05, 0) is 11.5 Å². The third kappa shape index (κ3) is 2.50. The van der Waals surface area contributed by atoms with Crippen molar-refractivity contribution in [2.24, 2.45) is 0 Å². The summed E-state index contributed by atoms with van der Waals surface area (Å²) in [5.74, 6) is 7.84. The number of benzene rings is 1. The number of imidazole rings is 1. The van der Waals surface area contributed by atoms with E-state index in [0.29, 0.717) is 11.7 Å². The molecule has 4 nitrogen and oxygen atoms in total. The first kappa shape index (κ1) is 14.4. The Morgan fingerprint density at radius 3 is 2.05 bits per heavy atom. The van der Waals surface area contributed by atoms with E-state index in [4.69, 9.17) is 11.6 Å². The molecule has 1 aromatic carbocycles. The van der Waals surface area contributed by atoms with Gasteiger partial charge in [0, 0.05) is 11.0 Å². The van der Waals surface area contributed by atoms with Crippen LogP contribution in [-0.2, 0) is 5.41 Å². The lowest BCUT2D eigenvalue weighted by atomic mass is 9.96. The van der Waals surface area contributed by atoms with Crippen molar-refractivity contribution in [1.82, 2.24) is 9.66 Å². The molecule has 0 aliphatic rings. The maximum absolute atomic E-state index is 6.11. The quantitative estimate of drug-likeness (QED) is 0.824. The Kier molecular flexibility index (Phi) is 3.50. The number of nitrogens with zero attached hydrogens (tertiary/aromatic N) is 2. The van der Waals surface area contributed by atoms with Gasteiger partial charge in [-0.2, -0.15) is 0 Å². The molecule has 1 aromatic heterocycles. The Morgan fingerprint density at radius 2 is 1.65 bits per heavy atom. The highest BCUT2D eigenvalue weighted by molar-refractivity contribution is 5.71. The first-order chi connectivity index (χ1) is 9.21. The number of nitrogens with two attached hydrogens (primary N) is 2. The number of rotatable bonds is 2. The van der Waals surface area contributed by atoms with Gasteiger partial charge >= 0.3 is 0 Å². The smallest absolute Gasteiger partial charge is 0.150 e. The molecule has 0 saturated carbocycles. The van der Waals surface area contributed by atoms with Gasteiger partial charge in [-0.25, -0.2) is 9.66 Å².